The van der Waals surface area contributed by atoms with Crippen LogP contribution in [0.2, 0.25) is 5.02 Å². The van der Waals surface area contributed by atoms with Crippen molar-refractivity contribution in [3.8, 4) is 11.1 Å². The molecule has 2 aromatic rings. The van der Waals surface area contributed by atoms with E-state index in [1.807, 2.05) is 31.3 Å². The van der Waals surface area contributed by atoms with Crippen molar-refractivity contribution in [2.24, 2.45) is 0 Å². The topological polar surface area (TPSA) is 12.0 Å². The number of hydrogen-bond donors (Lipinski definition) is 1. The number of nitrogens with one attached hydrogen (secondary N) is 1. The minimum absolute atomic E-state index is 0.786. The molecule has 0 aliphatic carbocycles. The molecule has 0 aliphatic rings. The maximum atomic E-state index is 6.17. The summed E-state index contributed by atoms with van der Waals surface area (Å²) in [5.41, 5.74) is 4.58. The summed E-state index contributed by atoms with van der Waals surface area (Å²) in [6.45, 7) is 2.09. The van der Waals surface area contributed by atoms with Crippen LogP contribution in [0.25, 0.3) is 11.1 Å². The molecule has 16 heavy (non-hydrogen) atoms. The fourth-order valence-corrected chi connectivity index (χ4v) is 2.00. The summed E-state index contributed by atoms with van der Waals surface area (Å²) < 4.78 is 0. The molecule has 1 nitrogen and oxygen atoms in total. The summed E-state index contributed by atoms with van der Waals surface area (Å²) in [5.74, 6) is 0. The predicted octanol–water partition coefficient (Wildman–Crippen LogP) is 4.36. The zero-order chi connectivity index (χ0) is 11.5. The second-order valence-corrected chi connectivity index (χ2v) is 4.17. The van der Waals surface area contributed by atoms with Crippen LogP contribution >= 0.6 is 11.6 Å². The van der Waals surface area contributed by atoms with Gasteiger partial charge >= 0.3 is 0 Å². The monoisotopic (exact) mass is 231 g/mol. The minimum atomic E-state index is 0.786. The predicted molar refractivity (Wildman–Crippen MR) is 71.2 cm³/mol. The summed E-state index contributed by atoms with van der Waals surface area (Å²) in [6.07, 6.45) is 0. The summed E-state index contributed by atoms with van der Waals surface area (Å²) in [5, 5.41) is 3.97. The van der Waals surface area contributed by atoms with Gasteiger partial charge in [0, 0.05) is 23.3 Å². The van der Waals surface area contributed by atoms with Gasteiger partial charge in [0.1, 0.15) is 0 Å². The van der Waals surface area contributed by atoms with Gasteiger partial charge in [-0.3, -0.25) is 0 Å². The SMILES string of the molecule is CNc1cc(-c2ccccc2Cl)ccc1C. The first-order valence-electron chi connectivity index (χ1n) is 5.25. The highest BCUT2D eigenvalue weighted by molar-refractivity contribution is 6.33. The van der Waals surface area contributed by atoms with Gasteiger partial charge in [0.25, 0.3) is 0 Å². The molecule has 0 spiro atoms. The lowest BCUT2D eigenvalue weighted by molar-refractivity contribution is 1.40. The minimum Gasteiger partial charge on any atom is -0.388 e. The van der Waals surface area contributed by atoms with Gasteiger partial charge in [-0.2, -0.15) is 0 Å². The van der Waals surface area contributed by atoms with E-state index in [9.17, 15) is 0 Å². The summed E-state index contributed by atoms with van der Waals surface area (Å²) in [7, 11) is 1.93. The molecule has 2 rings (SSSR count). The molecular weight excluding hydrogens is 218 g/mol. The molecule has 0 heterocycles. The highest BCUT2D eigenvalue weighted by atomic mass is 35.5. The second-order valence-electron chi connectivity index (χ2n) is 3.76. The fraction of sp³-hybridized carbons (Fsp3) is 0.143. The molecule has 2 heteroatoms. The molecule has 0 amide bonds. The Labute approximate surface area is 101 Å². The molecule has 0 saturated heterocycles. The van der Waals surface area contributed by atoms with Gasteiger partial charge in [-0.05, 0) is 30.2 Å². The average molecular weight is 232 g/mol. The molecule has 0 unspecified atom stereocenters. The largest absolute Gasteiger partial charge is 0.388 e. The quantitative estimate of drug-likeness (QED) is 0.810. The standard InChI is InChI=1S/C14H14ClN/c1-10-7-8-11(9-14(10)16-2)12-5-3-4-6-13(12)15/h3-9,16H,1-2H3. The van der Waals surface area contributed by atoms with Crippen LogP contribution in [0.5, 0.6) is 0 Å². The highest BCUT2D eigenvalue weighted by Gasteiger charge is 2.04. The molecule has 1 N–H and O–H groups in total. The third kappa shape index (κ3) is 2.05. The van der Waals surface area contributed by atoms with E-state index in [0.29, 0.717) is 0 Å². The summed E-state index contributed by atoms with van der Waals surface area (Å²) in [6, 6.07) is 14.2. The maximum absolute atomic E-state index is 6.17. The van der Waals surface area contributed by atoms with E-state index in [-0.39, 0.29) is 0 Å². The first-order chi connectivity index (χ1) is 7.72. The molecule has 0 saturated carbocycles. The maximum Gasteiger partial charge on any atom is 0.0484 e. The van der Waals surface area contributed by atoms with Gasteiger partial charge in [-0.15, -0.1) is 0 Å². The van der Waals surface area contributed by atoms with Crippen LogP contribution in [0.1, 0.15) is 5.56 Å². The smallest absolute Gasteiger partial charge is 0.0484 e. The lowest BCUT2D eigenvalue weighted by Crippen LogP contribution is -1.92. The van der Waals surface area contributed by atoms with Gasteiger partial charge in [-0.25, -0.2) is 0 Å². The third-order valence-corrected chi connectivity index (χ3v) is 3.02. The molecular formula is C14H14ClN. The van der Waals surface area contributed by atoms with Gasteiger partial charge in [0.2, 0.25) is 0 Å². The van der Waals surface area contributed by atoms with Crippen molar-refractivity contribution in [3.63, 3.8) is 0 Å². The van der Waals surface area contributed by atoms with E-state index >= 15 is 0 Å². The first kappa shape index (κ1) is 11.0. The highest BCUT2D eigenvalue weighted by Crippen LogP contribution is 2.30. The summed E-state index contributed by atoms with van der Waals surface area (Å²) in [4.78, 5) is 0. The zero-order valence-corrected chi connectivity index (χ0v) is 10.2. The van der Waals surface area contributed by atoms with Crippen molar-refractivity contribution in [2.45, 2.75) is 6.92 Å². The van der Waals surface area contributed by atoms with Gasteiger partial charge in [0.05, 0.1) is 0 Å². The van der Waals surface area contributed by atoms with Crippen LogP contribution < -0.4 is 5.32 Å². The van der Waals surface area contributed by atoms with Crippen molar-refractivity contribution >= 4 is 17.3 Å². The Balaban J connectivity index is 2.53. The molecule has 0 aliphatic heterocycles. The third-order valence-electron chi connectivity index (χ3n) is 2.69. The Morgan fingerprint density at radius 1 is 1.06 bits per heavy atom. The Bertz CT molecular complexity index is 506. The lowest BCUT2D eigenvalue weighted by Gasteiger charge is -2.09. The van der Waals surface area contributed by atoms with Crippen LogP contribution in [0.4, 0.5) is 5.69 Å². The molecule has 0 bridgehead atoms. The van der Waals surface area contributed by atoms with E-state index in [1.165, 1.54) is 5.56 Å². The van der Waals surface area contributed by atoms with Crippen LogP contribution in [0.3, 0.4) is 0 Å². The van der Waals surface area contributed by atoms with Crippen LogP contribution in [0, 0.1) is 6.92 Å². The van der Waals surface area contributed by atoms with E-state index in [1.54, 1.807) is 0 Å². The molecule has 0 fully saturated rings. The molecule has 82 valence electrons. The molecule has 0 aromatic heterocycles. The number of anilines is 1. The van der Waals surface area contributed by atoms with Crippen molar-refractivity contribution in [1.82, 2.24) is 0 Å². The van der Waals surface area contributed by atoms with Crippen molar-refractivity contribution in [3.05, 3.63) is 53.1 Å². The number of hydrogen-bond acceptors (Lipinski definition) is 1. The van der Waals surface area contributed by atoms with E-state index < -0.39 is 0 Å². The number of aryl methyl sites for hydroxylation is 1. The van der Waals surface area contributed by atoms with Crippen LogP contribution in [-0.4, -0.2) is 7.05 Å². The van der Waals surface area contributed by atoms with Crippen molar-refractivity contribution < 1.29 is 0 Å². The number of rotatable bonds is 2. The Morgan fingerprint density at radius 2 is 1.81 bits per heavy atom. The molecule has 0 radical (unpaired) electrons. The second kappa shape index (κ2) is 4.58. The number of halogens is 1. The van der Waals surface area contributed by atoms with Crippen LogP contribution in [-0.2, 0) is 0 Å². The molecule has 2 aromatic carbocycles. The Kier molecular flexibility index (Phi) is 3.16. The number of benzene rings is 2. The van der Waals surface area contributed by atoms with Crippen molar-refractivity contribution in [1.29, 1.82) is 0 Å². The van der Waals surface area contributed by atoms with Gasteiger partial charge in [0.15, 0.2) is 0 Å². The van der Waals surface area contributed by atoms with E-state index in [2.05, 4.69) is 30.4 Å². The van der Waals surface area contributed by atoms with Crippen molar-refractivity contribution in [2.75, 3.05) is 12.4 Å². The summed E-state index contributed by atoms with van der Waals surface area (Å²) >= 11 is 6.17. The zero-order valence-electron chi connectivity index (χ0n) is 9.42. The van der Waals surface area contributed by atoms with E-state index in [4.69, 9.17) is 11.6 Å². The first-order valence-corrected chi connectivity index (χ1v) is 5.63. The normalized spacial score (nSPS) is 10.2. The Hall–Kier alpha value is -1.47. The fourth-order valence-electron chi connectivity index (χ4n) is 1.75. The molecule has 0 atom stereocenters. The average Bonchev–Trinajstić information content (AvgIpc) is 2.31. The van der Waals surface area contributed by atoms with E-state index in [0.717, 1.165) is 21.8 Å². The van der Waals surface area contributed by atoms with Crippen LogP contribution in [0.15, 0.2) is 42.5 Å². The lowest BCUT2D eigenvalue weighted by atomic mass is 10.0. The Morgan fingerprint density at radius 3 is 2.50 bits per heavy atom. The van der Waals surface area contributed by atoms with Gasteiger partial charge < -0.3 is 5.32 Å². The van der Waals surface area contributed by atoms with Gasteiger partial charge in [-0.1, -0.05) is 41.9 Å².